The quantitative estimate of drug-likeness (QED) is 0.542. The lowest BCUT2D eigenvalue weighted by molar-refractivity contribution is -0.141. The predicted molar refractivity (Wildman–Crippen MR) is 54.5 cm³/mol. The number of esters is 1. The molecule has 1 heterocycles. The zero-order chi connectivity index (χ0) is 10.4. The van der Waals surface area contributed by atoms with E-state index in [-0.39, 0.29) is 12.1 Å². The summed E-state index contributed by atoms with van der Waals surface area (Å²) >= 11 is 0. The van der Waals surface area contributed by atoms with Gasteiger partial charge in [-0.1, -0.05) is 0 Å². The van der Waals surface area contributed by atoms with Crippen LogP contribution in [0.2, 0.25) is 0 Å². The van der Waals surface area contributed by atoms with Crippen LogP contribution in [-0.2, 0) is 9.53 Å². The highest BCUT2D eigenvalue weighted by molar-refractivity contribution is 5.87. The molecule has 14 heavy (non-hydrogen) atoms. The van der Waals surface area contributed by atoms with Crippen molar-refractivity contribution in [3.05, 3.63) is 36.2 Å². The van der Waals surface area contributed by atoms with Gasteiger partial charge in [0.05, 0.1) is 6.10 Å². The number of hydrogen-bond acceptors (Lipinski definition) is 3. The Labute approximate surface area is 83.4 Å². The highest BCUT2D eigenvalue weighted by Crippen LogP contribution is 2.00. The minimum absolute atomic E-state index is 0.0791. The molecule has 1 rings (SSSR count). The third-order valence-corrected chi connectivity index (χ3v) is 1.47. The molecule has 0 aromatic carbocycles. The van der Waals surface area contributed by atoms with Crippen LogP contribution in [0.4, 0.5) is 0 Å². The maximum atomic E-state index is 11.1. The number of hydrogen-bond donors (Lipinski definition) is 0. The largest absolute Gasteiger partial charge is 0.460 e. The third-order valence-electron chi connectivity index (χ3n) is 1.47. The van der Waals surface area contributed by atoms with Gasteiger partial charge in [-0.2, -0.15) is 0 Å². The summed E-state index contributed by atoms with van der Waals surface area (Å²) in [6.07, 6.45) is 6.38. The first-order chi connectivity index (χ1) is 6.68. The molecule has 3 heteroatoms. The van der Waals surface area contributed by atoms with E-state index in [0.717, 1.165) is 5.56 Å². The van der Waals surface area contributed by atoms with Crippen LogP contribution in [0.3, 0.4) is 0 Å². The van der Waals surface area contributed by atoms with Crippen LogP contribution in [0.25, 0.3) is 6.08 Å². The van der Waals surface area contributed by atoms with Crippen molar-refractivity contribution in [2.45, 2.75) is 20.0 Å². The normalized spacial score (nSPS) is 10.8. The fraction of sp³-hybridized carbons (Fsp3) is 0.273. The zero-order valence-electron chi connectivity index (χ0n) is 8.31. The van der Waals surface area contributed by atoms with Gasteiger partial charge in [-0.15, -0.1) is 0 Å². The molecule has 0 aliphatic rings. The van der Waals surface area contributed by atoms with E-state index in [1.807, 2.05) is 26.0 Å². The highest BCUT2D eigenvalue weighted by atomic mass is 16.5. The summed E-state index contributed by atoms with van der Waals surface area (Å²) in [5.74, 6) is -0.322. The van der Waals surface area contributed by atoms with Crippen LogP contribution in [-0.4, -0.2) is 17.1 Å². The van der Waals surface area contributed by atoms with Crippen molar-refractivity contribution < 1.29 is 9.53 Å². The molecule has 0 saturated heterocycles. The lowest BCUT2D eigenvalue weighted by atomic mass is 10.2. The highest BCUT2D eigenvalue weighted by Gasteiger charge is 1.99. The molecular formula is C11H13NO2. The summed E-state index contributed by atoms with van der Waals surface area (Å²) < 4.78 is 4.93. The van der Waals surface area contributed by atoms with Gasteiger partial charge in [0.15, 0.2) is 0 Å². The molecule has 0 saturated carbocycles. The second-order valence-corrected chi connectivity index (χ2v) is 3.10. The van der Waals surface area contributed by atoms with Crippen molar-refractivity contribution in [2.24, 2.45) is 0 Å². The Morgan fingerprint density at radius 3 is 2.64 bits per heavy atom. The molecule has 1 aromatic heterocycles. The van der Waals surface area contributed by atoms with Crippen LogP contribution in [0, 0.1) is 0 Å². The van der Waals surface area contributed by atoms with Crippen molar-refractivity contribution >= 4 is 12.0 Å². The van der Waals surface area contributed by atoms with Crippen LogP contribution in [0.1, 0.15) is 19.4 Å². The van der Waals surface area contributed by atoms with Gasteiger partial charge in [0.25, 0.3) is 0 Å². The van der Waals surface area contributed by atoms with Gasteiger partial charge in [0, 0.05) is 18.5 Å². The topological polar surface area (TPSA) is 39.2 Å². The molecule has 3 nitrogen and oxygen atoms in total. The number of ether oxygens (including phenoxy) is 1. The van der Waals surface area contributed by atoms with Gasteiger partial charge in [-0.3, -0.25) is 4.98 Å². The number of pyridine rings is 1. The van der Waals surface area contributed by atoms with E-state index in [0.29, 0.717) is 0 Å². The summed E-state index contributed by atoms with van der Waals surface area (Å²) in [5, 5.41) is 0. The summed E-state index contributed by atoms with van der Waals surface area (Å²) in [4.78, 5) is 15.0. The van der Waals surface area contributed by atoms with Crippen LogP contribution in [0.15, 0.2) is 30.6 Å². The van der Waals surface area contributed by atoms with E-state index >= 15 is 0 Å². The van der Waals surface area contributed by atoms with E-state index < -0.39 is 0 Å². The summed E-state index contributed by atoms with van der Waals surface area (Å²) in [5.41, 5.74) is 0.931. The summed E-state index contributed by atoms with van der Waals surface area (Å²) in [7, 11) is 0. The van der Waals surface area contributed by atoms with Crippen molar-refractivity contribution in [3.8, 4) is 0 Å². The molecule has 0 aliphatic carbocycles. The Kier molecular flexibility index (Phi) is 3.85. The molecule has 1 aromatic rings. The van der Waals surface area contributed by atoms with E-state index in [2.05, 4.69) is 4.98 Å². The van der Waals surface area contributed by atoms with Crippen LogP contribution >= 0.6 is 0 Å². The average Bonchev–Trinajstić information content (AvgIpc) is 2.15. The van der Waals surface area contributed by atoms with Gasteiger partial charge in [0.1, 0.15) is 0 Å². The Hall–Kier alpha value is -1.64. The first-order valence-electron chi connectivity index (χ1n) is 4.47. The number of carbonyl (C=O) groups is 1. The van der Waals surface area contributed by atoms with E-state index in [1.165, 1.54) is 6.08 Å². The molecule has 0 aliphatic heterocycles. The van der Waals surface area contributed by atoms with E-state index in [4.69, 9.17) is 4.74 Å². The minimum Gasteiger partial charge on any atom is -0.460 e. The first kappa shape index (κ1) is 10.4. The zero-order valence-corrected chi connectivity index (χ0v) is 8.31. The molecule has 0 amide bonds. The second kappa shape index (κ2) is 5.17. The number of carbonyl (C=O) groups excluding carboxylic acids is 1. The van der Waals surface area contributed by atoms with Crippen molar-refractivity contribution in [1.82, 2.24) is 4.98 Å². The summed E-state index contributed by atoms with van der Waals surface area (Å²) in [6, 6.07) is 3.64. The van der Waals surface area contributed by atoms with Crippen LogP contribution in [0.5, 0.6) is 0 Å². The van der Waals surface area contributed by atoms with Gasteiger partial charge in [0.2, 0.25) is 0 Å². The molecule has 0 fully saturated rings. The molecule has 0 unspecified atom stereocenters. The van der Waals surface area contributed by atoms with Gasteiger partial charge < -0.3 is 4.74 Å². The minimum atomic E-state index is -0.322. The van der Waals surface area contributed by atoms with Crippen molar-refractivity contribution in [3.63, 3.8) is 0 Å². The van der Waals surface area contributed by atoms with E-state index in [9.17, 15) is 4.79 Å². The Bertz CT molecular complexity index is 317. The maximum absolute atomic E-state index is 11.1. The fourth-order valence-electron chi connectivity index (χ4n) is 0.910. The van der Waals surface area contributed by atoms with Gasteiger partial charge in [-0.25, -0.2) is 4.79 Å². The molecule has 74 valence electrons. The van der Waals surface area contributed by atoms with Gasteiger partial charge >= 0.3 is 5.97 Å². The second-order valence-electron chi connectivity index (χ2n) is 3.10. The smallest absolute Gasteiger partial charge is 0.331 e. The Balaban J connectivity index is 2.52. The molecule has 0 bridgehead atoms. The monoisotopic (exact) mass is 191 g/mol. The maximum Gasteiger partial charge on any atom is 0.331 e. The van der Waals surface area contributed by atoms with Crippen molar-refractivity contribution in [1.29, 1.82) is 0 Å². The fourth-order valence-corrected chi connectivity index (χ4v) is 0.910. The molecular weight excluding hydrogens is 178 g/mol. The predicted octanol–water partition coefficient (Wildman–Crippen LogP) is 2.05. The number of rotatable bonds is 3. The number of aromatic nitrogens is 1. The lowest BCUT2D eigenvalue weighted by Gasteiger charge is -2.03. The molecule has 0 N–H and O–H groups in total. The van der Waals surface area contributed by atoms with E-state index in [1.54, 1.807) is 18.5 Å². The molecule has 0 spiro atoms. The Morgan fingerprint density at radius 2 is 2.07 bits per heavy atom. The SMILES string of the molecule is CC(C)OC(=O)C=Cc1ccncc1. The standard InChI is InChI=1S/C11H13NO2/c1-9(2)14-11(13)4-3-10-5-7-12-8-6-10/h3-9H,1-2H3. The lowest BCUT2D eigenvalue weighted by Crippen LogP contribution is -2.08. The molecule has 0 atom stereocenters. The third kappa shape index (κ3) is 3.85. The first-order valence-corrected chi connectivity index (χ1v) is 4.47. The van der Waals surface area contributed by atoms with Crippen LogP contribution < -0.4 is 0 Å². The Morgan fingerprint density at radius 1 is 1.43 bits per heavy atom. The molecule has 0 radical (unpaired) electrons. The average molecular weight is 191 g/mol. The van der Waals surface area contributed by atoms with Gasteiger partial charge in [-0.05, 0) is 37.6 Å². The van der Waals surface area contributed by atoms with Crippen molar-refractivity contribution in [2.75, 3.05) is 0 Å². The summed E-state index contributed by atoms with van der Waals surface area (Å²) in [6.45, 7) is 3.64. The number of nitrogens with zero attached hydrogens (tertiary/aromatic N) is 1.